The number of esters is 1. The van der Waals surface area contributed by atoms with E-state index in [1.54, 1.807) is 29.0 Å². The van der Waals surface area contributed by atoms with Gasteiger partial charge in [-0.05, 0) is 61.4 Å². The molecule has 2 saturated heterocycles. The zero-order valence-electron chi connectivity index (χ0n) is 20.0. The van der Waals surface area contributed by atoms with Crippen molar-refractivity contribution in [3.05, 3.63) is 48.5 Å². The van der Waals surface area contributed by atoms with Crippen LogP contribution in [-0.2, 0) is 23.9 Å². The Bertz CT molecular complexity index is 1050. The molecule has 35 heavy (non-hydrogen) atoms. The zero-order chi connectivity index (χ0) is 24.8. The van der Waals surface area contributed by atoms with Gasteiger partial charge in [0, 0.05) is 38.2 Å². The monoisotopic (exact) mass is 482 g/mol. The summed E-state index contributed by atoms with van der Waals surface area (Å²) in [4.78, 5) is 40.5. The lowest BCUT2D eigenvalue weighted by molar-refractivity contribution is -0.141. The summed E-state index contributed by atoms with van der Waals surface area (Å²) in [6, 6.07) is 14.5. The first kappa shape index (κ1) is 24.5. The molecule has 9 nitrogen and oxygen atoms in total. The van der Waals surface area contributed by atoms with Gasteiger partial charge in [0.2, 0.25) is 11.8 Å². The van der Waals surface area contributed by atoms with Gasteiger partial charge in [-0.25, -0.2) is 0 Å². The number of hydrogen-bond donors (Lipinski definition) is 0. The molecule has 0 aromatic heterocycles. The van der Waals surface area contributed by atoms with Gasteiger partial charge in [0.25, 0.3) is 0 Å². The van der Waals surface area contributed by atoms with E-state index in [-0.39, 0.29) is 31.0 Å². The van der Waals surface area contributed by atoms with Crippen molar-refractivity contribution in [1.29, 1.82) is 0 Å². The number of amides is 2. The fourth-order valence-electron chi connectivity index (χ4n) is 4.71. The number of ether oxygens (including phenoxy) is 4. The summed E-state index contributed by atoms with van der Waals surface area (Å²) in [5.41, 5.74) is 0.695. The molecule has 0 N–H and O–H groups in total. The van der Waals surface area contributed by atoms with Crippen LogP contribution in [0.1, 0.15) is 32.6 Å². The van der Waals surface area contributed by atoms with Crippen molar-refractivity contribution in [2.24, 2.45) is 0 Å². The highest BCUT2D eigenvalue weighted by Gasteiger charge is 2.56. The molecule has 1 spiro atoms. The van der Waals surface area contributed by atoms with Crippen LogP contribution >= 0.6 is 0 Å². The van der Waals surface area contributed by atoms with Crippen LogP contribution in [0.25, 0.3) is 0 Å². The van der Waals surface area contributed by atoms with E-state index in [4.69, 9.17) is 18.9 Å². The molecule has 1 atom stereocenters. The van der Waals surface area contributed by atoms with Crippen molar-refractivity contribution in [3.63, 3.8) is 0 Å². The van der Waals surface area contributed by atoms with Crippen LogP contribution in [0, 0.1) is 0 Å². The summed E-state index contributed by atoms with van der Waals surface area (Å²) in [6.07, 6.45) is 1.85. The lowest BCUT2D eigenvalue weighted by Gasteiger charge is -2.42. The molecule has 0 radical (unpaired) electrons. The summed E-state index contributed by atoms with van der Waals surface area (Å²) in [7, 11) is 1.62. The van der Waals surface area contributed by atoms with E-state index in [0.29, 0.717) is 56.1 Å². The number of benzene rings is 2. The number of hydrogen-bond acceptors (Lipinski definition) is 7. The lowest BCUT2D eigenvalue weighted by atomic mass is 10.0. The van der Waals surface area contributed by atoms with E-state index in [0.717, 1.165) is 5.69 Å². The van der Waals surface area contributed by atoms with Crippen molar-refractivity contribution in [3.8, 4) is 11.5 Å². The number of methoxy groups -OCH3 is 1. The number of carbonyl (C=O) groups excluding carboxylic acids is 3. The van der Waals surface area contributed by atoms with E-state index in [1.165, 1.54) is 6.92 Å². The molecule has 9 heteroatoms. The zero-order valence-corrected chi connectivity index (χ0v) is 20.0. The Hall–Kier alpha value is -3.59. The van der Waals surface area contributed by atoms with Crippen molar-refractivity contribution in [2.45, 2.75) is 38.3 Å². The Kier molecular flexibility index (Phi) is 7.55. The van der Waals surface area contributed by atoms with Crippen LogP contribution in [0.4, 0.5) is 11.4 Å². The quantitative estimate of drug-likeness (QED) is 0.379. The second-order valence-electron chi connectivity index (χ2n) is 8.46. The molecule has 0 aliphatic carbocycles. The Morgan fingerprint density at radius 3 is 1.66 bits per heavy atom. The van der Waals surface area contributed by atoms with Crippen LogP contribution in [-0.4, -0.2) is 57.0 Å². The van der Waals surface area contributed by atoms with E-state index in [9.17, 15) is 14.4 Å². The molecule has 2 aromatic carbocycles. The Morgan fingerprint density at radius 1 is 0.771 bits per heavy atom. The van der Waals surface area contributed by atoms with Crippen molar-refractivity contribution >= 4 is 29.2 Å². The minimum Gasteiger partial charge on any atom is -0.491 e. The second-order valence-corrected chi connectivity index (χ2v) is 8.46. The fourth-order valence-corrected chi connectivity index (χ4v) is 4.71. The molecular weight excluding hydrogens is 452 g/mol. The Morgan fingerprint density at radius 2 is 1.23 bits per heavy atom. The summed E-state index contributed by atoms with van der Waals surface area (Å²) in [5, 5.41) is 0. The molecule has 2 heterocycles. The number of nitrogens with zero attached hydrogens (tertiary/aromatic N) is 2. The molecule has 2 fully saturated rings. The van der Waals surface area contributed by atoms with Gasteiger partial charge in [0.15, 0.2) is 0 Å². The molecular formula is C26H30N2O7. The minimum absolute atomic E-state index is 0.0109. The number of anilines is 2. The van der Waals surface area contributed by atoms with Gasteiger partial charge in [-0.15, -0.1) is 0 Å². The summed E-state index contributed by atoms with van der Waals surface area (Å²) >= 11 is 0. The lowest BCUT2D eigenvalue weighted by Crippen LogP contribution is -2.56. The first-order chi connectivity index (χ1) is 16.9. The van der Waals surface area contributed by atoms with E-state index < -0.39 is 5.66 Å². The van der Waals surface area contributed by atoms with Gasteiger partial charge in [0.05, 0.1) is 6.61 Å². The number of rotatable bonds is 10. The molecule has 2 aliphatic heterocycles. The molecule has 0 bridgehead atoms. The molecule has 4 rings (SSSR count). The molecule has 2 amide bonds. The minimum atomic E-state index is -0.746. The highest BCUT2D eigenvalue weighted by molar-refractivity contribution is 6.05. The highest BCUT2D eigenvalue weighted by Crippen LogP contribution is 2.47. The third kappa shape index (κ3) is 5.24. The maximum absolute atomic E-state index is 13.1. The molecule has 2 aromatic rings. The molecule has 2 aliphatic rings. The number of carbonyl (C=O) groups is 3. The van der Waals surface area contributed by atoms with Crippen LogP contribution in [0.2, 0.25) is 0 Å². The first-order valence-electron chi connectivity index (χ1n) is 11.7. The molecule has 186 valence electrons. The van der Waals surface area contributed by atoms with Gasteiger partial charge in [0.1, 0.15) is 37.0 Å². The predicted octanol–water partition coefficient (Wildman–Crippen LogP) is 3.30. The SMILES string of the molecule is COCCOc1ccc(N2C(=O)CCC23CCC(=O)N3c2ccc(OCCOC(C)=O)cc2)cc1. The van der Waals surface area contributed by atoms with Crippen molar-refractivity contribution < 1.29 is 33.3 Å². The smallest absolute Gasteiger partial charge is 0.302 e. The van der Waals surface area contributed by atoms with Crippen molar-refractivity contribution in [1.82, 2.24) is 0 Å². The molecule has 0 saturated carbocycles. The Balaban J connectivity index is 1.53. The van der Waals surface area contributed by atoms with Crippen LogP contribution < -0.4 is 19.3 Å². The van der Waals surface area contributed by atoms with E-state index in [1.807, 2.05) is 36.4 Å². The van der Waals surface area contributed by atoms with Crippen LogP contribution in [0.15, 0.2) is 48.5 Å². The van der Waals surface area contributed by atoms with Crippen LogP contribution in [0.3, 0.4) is 0 Å². The Labute approximate surface area is 204 Å². The van der Waals surface area contributed by atoms with Gasteiger partial charge >= 0.3 is 5.97 Å². The third-order valence-corrected chi connectivity index (χ3v) is 6.21. The first-order valence-corrected chi connectivity index (χ1v) is 11.7. The third-order valence-electron chi connectivity index (χ3n) is 6.21. The fraction of sp³-hybridized carbons (Fsp3) is 0.423. The van der Waals surface area contributed by atoms with E-state index in [2.05, 4.69) is 0 Å². The summed E-state index contributed by atoms with van der Waals surface area (Å²) in [5.74, 6) is 0.904. The highest BCUT2D eigenvalue weighted by atomic mass is 16.6. The standard InChI is InChI=1S/C26H30N2O7/c1-19(29)33-17-18-35-23-9-5-21(6-10-23)28-25(31)12-14-26(28)13-11-24(30)27(26)20-3-7-22(8-4-20)34-16-15-32-2/h3-10H,11-18H2,1-2H3. The van der Waals surface area contributed by atoms with Crippen LogP contribution in [0.5, 0.6) is 11.5 Å². The average Bonchev–Trinajstić information content (AvgIpc) is 3.36. The normalized spacial score (nSPS) is 19.5. The maximum atomic E-state index is 13.1. The second kappa shape index (κ2) is 10.8. The maximum Gasteiger partial charge on any atom is 0.302 e. The van der Waals surface area contributed by atoms with Gasteiger partial charge in [-0.3, -0.25) is 24.2 Å². The largest absolute Gasteiger partial charge is 0.491 e. The average molecular weight is 483 g/mol. The molecule has 1 unspecified atom stereocenters. The van der Waals surface area contributed by atoms with Gasteiger partial charge in [-0.2, -0.15) is 0 Å². The van der Waals surface area contributed by atoms with Crippen molar-refractivity contribution in [2.75, 3.05) is 43.3 Å². The van der Waals surface area contributed by atoms with E-state index >= 15 is 0 Å². The topological polar surface area (TPSA) is 94.6 Å². The predicted molar refractivity (Wildman–Crippen MR) is 129 cm³/mol. The summed E-state index contributed by atoms with van der Waals surface area (Å²) in [6.45, 7) is 2.67. The van der Waals surface area contributed by atoms with Gasteiger partial charge < -0.3 is 18.9 Å². The van der Waals surface area contributed by atoms with Gasteiger partial charge in [-0.1, -0.05) is 0 Å². The summed E-state index contributed by atoms with van der Waals surface area (Å²) < 4.78 is 21.1.